The van der Waals surface area contributed by atoms with Crippen molar-refractivity contribution in [2.75, 3.05) is 5.32 Å². The lowest BCUT2D eigenvalue weighted by atomic mass is 9.99. The first-order valence-corrected chi connectivity index (χ1v) is 6.15. The number of amides is 1. The molecule has 19 heavy (non-hydrogen) atoms. The van der Waals surface area contributed by atoms with Crippen LogP contribution in [0.1, 0.15) is 27.0 Å². The van der Waals surface area contributed by atoms with E-state index in [2.05, 4.69) is 5.32 Å². The van der Waals surface area contributed by atoms with Crippen molar-refractivity contribution in [3.63, 3.8) is 0 Å². The van der Waals surface area contributed by atoms with Gasteiger partial charge in [-0.15, -0.1) is 0 Å². The van der Waals surface area contributed by atoms with Gasteiger partial charge in [-0.2, -0.15) is 0 Å². The zero-order chi connectivity index (χ0) is 14.0. The second kappa shape index (κ2) is 5.14. The van der Waals surface area contributed by atoms with Gasteiger partial charge in [0.1, 0.15) is 5.75 Å². The lowest BCUT2D eigenvalue weighted by Crippen LogP contribution is -2.15. The third-order valence-electron chi connectivity index (χ3n) is 3.03. The van der Waals surface area contributed by atoms with Gasteiger partial charge in [-0.1, -0.05) is 17.7 Å². The molecule has 3 nitrogen and oxygen atoms in total. The molecule has 2 N–H and O–H groups in total. The summed E-state index contributed by atoms with van der Waals surface area (Å²) in [6.07, 6.45) is 0. The number of hydrogen-bond donors (Lipinski definition) is 2. The van der Waals surface area contributed by atoms with Crippen molar-refractivity contribution < 1.29 is 9.90 Å². The highest BCUT2D eigenvalue weighted by molar-refractivity contribution is 6.06. The average Bonchev–Trinajstić information content (AvgIpc) is 2.30. The number of phenolic OH excluding ortho intramolecular Hbond substituents is 1. The predicted octanol–water partition coefficient (Wildman–Crippen LogP) is 3.57. The summed E-state index contributed by atoms with van der Waals surface area (Å²) in [4.78, 5) is 12.3. The van der Waals surface area contributed by atoms with E-state index in [1.165, 1.54) is 0 Å². The van der Waals surface area contributed by atoms with Gasteiger partial charge in [-0.05, 0) is 56.2 Å². The Bertz CT molecular complexity index is 592. The average molecular weight is 255 g/mol. The Morgan fingerprint density at radius 3 is 2.05 bits per heavy atom. The van der Waals surface area contributed by atoms with E-state index < -0.39 is 0 Å². The number of anilines is 1. The number of aromatic hydroxyl groups is 1. The van der Waals surface area contributed by atoms with Crippen LogP contribution in [0.5, 0.6) is 5.75 Å². The minimum absolute atomic E-state index is 0.124. The SMILES string of the molecule is Cc1cc(C)c(C(=O)Nc2ccc(O)cc2)c(C)c1. The lowest BCUT2D eigenvalue weighted by molar-refractivity contribution is 0.102. The van der Waals surface area contributed by atoms with Crippen molar-refractivity contribution in [3.8, 4) is 5.75 Å². The van der Waals surface area contributed by atoms with Gasteiger partial charge >= 0.3 is 0 Å². The molecule has 0 bridgehead atoms. The number of carbonyl (C=O) groups is 1. The molecule has 3 heteroatoms. The van der Waals surface area contributed by atoms with E-state index in [-0.39, 0.29) is 11.7 Å². The normalized spacial score (nSPS) is 10.3. The molecule has 0 saturated heterocycles. The maximum atomic E-state index is 12.3. The highest BCUT2D eigenvalue weighted by Crippen LogP contribution is 2.19. The Morgan fingerprint density at radius 2 is 1.53 bits per heavy atom. The maximum absolute atomic E-state index is 12.3. The summed E-state index contributed by atoms with van der Waals surface area (Å²) < 4.78 is 0. The second-order valence-electron chi connectivity index (χ2n) is 4.77. The minimum atomic E-state index is -0.124. The Morgan fingerprint density at radius 1 is 1.00 bits per heavy atom. The number of rotatable bonds is 2. The number of hydrogen-bond acceptors (Lipinski definition) is 2. The Kier molecular flexibility index (Phi) is 3.56. The van der Waals surface area contributed by atoms with E-state index >= 15 is 0 Å². The van der Waals surface area contributed by atoms with Crippen molar-refractivity contribution in [2.24, 2.45) is 0 Å². The van der Waals surface area contributed by atoms with Gasteiger partial charge in [0.25, 0.3) is 5.91 Å². The summed E-state index contributed by atoms with van der Waals surface area (Å²) in [5, 5.41) is 12.1. The lowest BCUT2D eigenvalue weighted by Gasteiger charge is -2.11. The van der Waals surface area contributed by atoms with Gasteiger partial charge in [-0.25, -0.2) is 0 Å². The van der Waals surface area contributed by atoms with Crippen LogP contribution >= 0.6 is 0 Å². The fourth-order valence-corrected chi connectivity index (χ4v) is 2.28. The van der Waals surface area contributed by atoms with Crippen LogP contribution in [0.4, 0.5) is 5.69 Å². The number of carbonyl (C=O) groups excluding carboxylic acids is 1. The molecule has 0 heterocycles. The first-order chi connectivity index (χ1) is 8.97. The summed E-state index contributed by atoms with van der Waals surface area (Å²) in [7, 11) is 0. The molecule has 98 valence electrons. The van der Waals surface area contributed by atoms with Crippen LogP contribution in [0.2, 0.25) is 0 Å². The summed E-state index contributed by atoms with van der Waals surface area (Å²) >= 11 is 0. The fourth-order valence-electron chi connectivity index (χ4n) is 2.28. The van der Waals surface area contributed by atoms with Gasteiger partial charge < -0.3 is 10.4 Å². The first-order valence-electron chi connectivity index (χ1n) is 6.15. The summed E-state index contributed by atoms with van der Waals surface area (Å²) in [6.45, 7) is 5.89. The Balaban J connectivity index is 2.28. The summed E-state index contributed by atoms with van der Waals surface area (Å²) in [5.41, 5.74) is 4.46. The molecule has 1 amide bonds. The van der Waals surface area contributed by atoms with Crippen LogP contribution < -0.4 is 5.32 Å². The largest absolute Gasteiger partial charge is 0.508 e. The van der Waals surface area contributed by atoms with Crippen molar-refractivity contribution in [2.45, 2.75) is 20.8 Å². The molecule has 0 unspecified atom stereocenters. The molecule has 0 aliphatic heterocycles. The molecule has 2 rings (SSSR count). The first kappa shape index (κ1) is 13.1. The van der Waals surface area contributed by atoms with Crippen molar-refractivity contribution in [3.05, 3.63) is 58.7 Å². The van der Waals surface area contributed by atoms with E-state index in [4.69, 9.17) is 0 Å². The molecule has 0 spiro atoms. The highest BCUT2D eigenvalue weighted by Gasteiger charge is 2.12. The van der Waals surface area contributed by atoms with E-state index in [0.717, 1.165) is 16.7 Å². The van der Waals surface area contributed by atoms with Crippen LogP contribution in [0.25, 0.3) is 0 Å². The third-order valence-corrected chi connectivity index (χ3v) is 3.03. The summed E-state index contributed by atoms with van der Waals surface area (Å²) in [5.74, 6) is 0.0568. The van der Waals surface area contributed by atoms with Gasteiger partial charge in [0.2, 0.25) is 0 Å². The maximum Gasteiger partial charge on any atom is 0.256 e. The van der Waals surface area contributed by atoms with Gasteiger partial charge in [0.15, 0.2) is 0 Å². The number of phenols is 1. The fraction of sp³-hybridized carbons (Fsp3) is 0.188. The molecule has 0 radical (unpaired) electrons. The Labute approximate surface area is 112 Å². The van der Waals surface area contributed by atoms with E-state index in [1.807, 2.05) is 32.9 Å². The van der Waals surface area contributed by atoms with Crippen LogP contribution in [0, 0.1) is 20.8 Å². The summed E-state index contributed by atoms with van der Waals surface area (Å²) in [6, 6.07) is 10.4. The van der Waals surface area contributed by atoms with Crippen LogP contribution in [-0.2, 0) is 0 Å². The molecule has 0 saturated carbocycles. The number of nitrogens with one attached hydrogen (secondary N) is 1. The molecular weight excluding hydrogens is 238 g/mol. The third kappa shape index (κ3) is 2.94. The van der Waals surface area contributed by atoms with Gasteiger partial charge in [0, 0.05) is 11.3 Å². The van der Waals surface area contributed by atoms with E-state index in [1.54, 1.807) is 24.3 Å². The minimum Gasteiger partial charge on any atom is -0.508 e. The second-order valence-corrected chi connectivity index (χ2v) is 4.77. The van der Waals surface area contributed by atoms with E-state index in [9.17, 15) is 9.90 Å². The molecular formula is C16H17NO2. The van der Waals surface area contributed by atoms with Crippen LogP contribution in [0.3, 0.4) is 0 Å². The van der Waals surface area contributed by atoms with Crippen molar-refractivity contribution in [1.29, 1.82) is 0 Å². The van der Waals surface area contributed by atoms with Gasteiger partial charge in [-0.3, -0.25) is 4.79 Å². The van der Waals surface area contributed by atoms with Crippen LogP contribution in [0.15, 0.2) is 36.4 Å². The van der Waals surface area contributed by atoms with Gasteiger partial charge in [0.05, 0.1) is 0 Å². The Hall–Kier alpha value is -2.29. The molecule has 2 aromatic rings. The number of aryl methyl sites for hydroxylation is 3. The standard InChI is InChI=1S/C16H17NO2/c1-10-8-11(2)15(12(3)9-10)16(19)17-13-4-6-14(18)7-5-13/h4-9,18H,1-3H3,(H,17,19). The molecule has 0 atom stereocenters. The van der Waals surface area contributed by atoms with Crippen molar-refractivity contribution in [1.82, 2.24) is 0 Å². The zero-order valence-electron chi connectivity index (χ0n) is 11.3. The quantitative estimate of drug-likeness (QED) is 0.806. The molecule has 2 aromatic carbocycles. The molecule has 0 fully saturated rings. The smallest absolute Gasteiger partial charge is 0.256 e. The highest BCUT2D eigenvalue weighted by atomic mass is 16.3. The zero-order valence-corrected chi connectivity index (χ0v) is 11.3. The van der Waals surface area contributed by atoms with Crippen LogP contribution in [-0.4, -0.2) is 11.0 Å². The van der Waals surface area contributed by atoms with Crippen molar-refractivity contribution >= 4 is 11.6 Å². The topological polar surface area (TPSA) is 49.3 Å². The number of benzene rings is 2. The molecule has 0 aromatic heterocycles. The molecule has 0 aliphatic rings. The van der Waals surface area contributed by atoms with E-state index in [0.29, 0.717) is 11.3 Å². The predicted molar refractivity (Wildman–Crippen MR) is 76.7 cm³/mol. The molecule has 0 aliphatic carbocycles. The monoisotopic (exact) mass is 255 g/mol.